The van der Waals surface area contributed by atoms with E-state index < -0.39 is 0 Å². The lowest BCUT2D eigenvalue weighted by molar-refractivity contribution is 0.416. The molecule has 0 amide bonds. The number of nitrogens with one attached hydrogen (secondary N) is 1. The van der Waals surface area contributed by atoms with Crippen molar-refractivity contribution >= 4 is 34.4 Å². The molecule has 1 heterocycles. The third-order valence-corrected chi connectivity index (χ3v) is 5.29. The largest absolute Gasteiger partial charge is 0.340 e. The Bertz CT molecular complexity index is 798. The monoisotopic (exact) mass is 366 g/mol. The fourth-order valence-electron chi connectivity index (χ4n) is 2.74. The summed E-state index contributed by atoms with van der Waals surface area (Å²) in [5, 5.41) is 6.33. The van der Waals surface area contributed by atoms with Gasteiger partial charge in [-0.05, 0) is 47.3 Å². The van der Waals surface area contributed by atoms with Gasteiger partial charge in [0.05, 0.1) is 6.54 Å². The van der Waals surface area contributed by atoms with Gasteiger partial charge in [0, 0.05) is 17.1 Å². The molecule has 1 N–H and O–H groups in total. The molecule has 0 spiro atoms. The zero-order chi connectivity index (χ0) is 17.5. The maximum atomic E-state index is 5.76. The van der Waals surface area contributed by atoms with E-state index in [9.17, 15) is 0 Å². The molecule has 0 aliphatic heterocycles. The first-order valence-corrected chi connectivity index (χ1v) is 9.75. The highest BCUT2D eigenvalue weighted by atomic mass is 32.1. The topological polar surface area (TPSA) is 15.3 Å². The summed E-state index contributed by atoms with van der Waals surface area (Å²) in [6, 6.07) is 23.1. The minimum atomic E-state index is 0.762. The van der Waals surface area contributed by atoms with Gasteiger partial charge in [0.15, 0.2) is 5.11 Å². The SMILES string of the molecule is CCc1ccccc1NC(=S)N(Cc1ccccc1)Cc1cccs1. The van der Waals surface area contributed by atoms with Crippen LogP contribution in [0.3, 0.4) is 0 Å². The molecule has 0 fully saturated rings. The summed E-state index contributed by atoms with van der Waals surface area (Å²) in [5.41, 5.74) is 3.63. The first kappa shape index (κ1) is 17.6. The van der Waals surface area contributed by atoms with Gasteiger partial charge < -0.3 is 10.2 Å². The number of hydrogen-bond acceptors (Lipinski definition) is 2. The second-order valence-corrected chi connectivity index (χ2v) is 7.28. The Labute approximate surface area is 159 Å². The molecule has 0 atom stereocenters. The summed E-state index contributed by atoms with van der Waals surface area (Å²) in [6.07, 6.45) is 0.982. The third-order valence-electron chi connectivity index (χ3n) is 4.07. The van der Waals surface area contributed by atoms with Crippen molar-refractivity contribution in [1.82, 2.24) is 4.90 Å². The number of anilines is 1. The number of para-hydroxylation sites is 1. The summed E-state index contributed by atoms with van der Waals surface area (Å²) in [6.45, 7) is 3.77. The van der Waals surface area contributed by atoms with E-state index in [0.29, 0.717) is 0 Å². The van der Waals surface area contributed by atoms with Gasteiger partial charge in [-0.25, -0.2) is 0 Å². The van der Waals surface area contributed by atoms with E-state index in [2.05, 4.69) is 77.1 Å². The van der Waals surface area contributed by atoms with Gasteiger partial charge in [0.1, 0.15) is 0 Å². The van der Waals surface area contributed by atoms with E-state index >= 15 is 0 Å². The van der Waals surface area contributed by atoms with Gasteiger partial charge in [-0.2, -0.15) is 0 Å². The number of thiocarbonyl (C=S) groups is 1. The molecule has 3 rings (SSSR count). The number of thiophene rings is 1. The van der Waals surface area contributed by atoms with Crippen molar-refractivity contribution in [3.63, 3.8) is 0 Å². The van der Waals surface area contributed by atoms with Crippen LogP contribution in [0.1, 0.15) is 22.9 Å². The molecule has 0 aliphatic rings. The highest BCUT2D eigenvalue weighted by Crippen LogP contribution is 2.19. The molecule has 4 heteroatoms. The van der Waals surface area contributed by atoms with Crippen molar-refractivity contribution in [1.29, 1.82) is 0 Å². The van der Waals surface area contributed by atoms with Crippen molar-refractivity contribution in [2.75, 3.05) is 5.32 Å². The minimum Gasteiger partial charge on any atom is -0.340 e. The summed E-state index contributed by atoms with van der Waals surface area (Å²) in [5.74, 6) is 0. The van der Waals surface area contributed by atoms with E-state index in [0.717, 1.165) is 30.3 Å². The van der Waals surface area contributed by atoms with Crippen molar-refractivity contribution in [3.8, 4) is 0 Å². The van der Waals surface area contributed by atoms with E-state index in [4.69, 9.17) is 12.2 Å². The lowest BCUT2D eigenvalue weighted by atomic mass is 10.1. The lowest BCUT2D eigenvalue weighted by Crippen LogP contribution is -2.33. The Hall–Kier alpha value is -2.17. The maximum absolute atomic E-state index is 5.76. The third kappa shape index (κ3) is 4.91. The average molecular weight is 367 g/mol. The summed E-state index contributed by atoms with van der Waals surface area (Å²) in [7, 11) is 0. The zero-order valence-corrected chi connectivity index (χ0v) is 15.9. The van der Waals surface area contributed by atoms with Gasteiger partial charge in [-0.3, -0.25) is 0 Å². The molecule has 0 unspecified atom stereocenters. The minimum absolute atomic E-state index is 0.762. The van der Waals surface area contributed by atoms with E-state index in [1.54, 1.807) is 11.3 Å². The predicted molar refractivity (Wildman–Crippen MR) is 112 cm³/mol. The van der Waals surface area contributed by atoms with Crippen LogP contribution >= 0.6 is 23.6 Å². The second kappa shape index (κ2) is 8.79. The molecular weight excluding hydrogens is 344 g/mol. The highest BCUT2D eigenvalue weighted by Gasteiger charge is 2.13. The second-order valence-electron chi connectivity index (χ2n) is 5.86. The van der Waals surface area contributed by atoms with Crippen LogP contribution in [-0.2, 0) is 19.5 Å². The van der Waals surface area contributed by atoms with Gasteiger partial charge in [-0.15, -0.1) is 11.3 Å². The fraction of sp³-hybridized carbons (Fsp3) is 0.190. The Morgan fingerprint density at radius 3 is 2.44 bits per heavy atom. The van der Waals surface area contributed by atoms with Crippen LogP contribution in [0.5, 0.6) is 0 Å². The van der Waals surface area contributed by atoms with Crippen LogP contribution in [0.15, 0.2) is 72.1 Å². The molecule has 1 aromatic heterocycles. The highest BCUT2D eigenvalue weighted by molar-refractivity contribution is 7.80. The molecule has 2 nitrogen and oxygen atoms in total. The molecular formula is C21H22N2S2. The van der Waals surface area contributed by atoms with Crippen molar-refractivity contribution in [2.45, 2.75) is 26.4 Å². The molecule has 0 bridgehead atoms. The lowest BCUT2D eigenvalue weighted by Gasteiger charge is -2.26. The fourth-order valence-corrected chi connectivity index (χ4v) is 3.70. The van der Waals surface area contributed by atoms with Gasteiger partial charge >= 0.3 is 0 Å². The van der Waals surface area contributed by atoms with Gasteiger partial charge in [-0.1, -0.05) is 61.5 Å². The van der Waals surface area contributed by atoms with Crippen molar-refractivity contribution < 1.29 is 0 Å². The quantitative estimate of drug-likeness (QED) is 0.563. The molecule has 2 aromatic carbocycles. The van der Waals surface area contributed by atoms with Crippen LogP contribution in [0.25, 0.3) is 0 Å². The Balaban J connectivity index is 1.78. The van der Waals surface area contributed by atoms with Crippen molar-refractivity contribution in [3.05, 3.63) is 88.1 Å². The van der Waals surface area contributed by atoms with Gasteiger partial charge in [0.2, 0.25) is 0 Å². The van der Waals surface area contributed by atoms with Crippen LogP contribution in [0, 0.1) is 0 Å². The van der Waals surface area contributed by atoms with Crippen molar-refractivity contribution in [2.24, 2.45) is 0 Å². The van der Waals surface area contributed by atoms with Crippen LogP contribution in [0.2, 0.25) is 0 Å². The van der Waals surface area contributed by atoms with Gasteiger partial charge in [0.25, 0.3) is 0 Å². The van der Waals surface area contributed by atoms with E-state index in [-0.39, 0.29) is 0 Å². The summed E-state index contributed by atoms with van der Waals surface area (Å²) in [4.78, 5) is 3.53. The smallest absolute Gasteiger partial charge is 0.174 e. The first-order valence-electron chi connectivity index (χ1n) is 8.46. The van der Waals surface area contributed by atoms with Crippen LogP contribution in [-0.4, -0.2) is 10.0 Å². The van der Waals surface area contributed by atoms with Crippen LogP contribution in [0.4, 0.5) is 5.69 Å². The normalized spacial score (nSPS) is 10.4. The Morgan fingerprint density at radius 1 is 0.960 bits per heavy atom. The zero-order valence-electron chi connectivity index (χ0n) is 14.3. The summed E-state index contributed by atoms with van der Waals surface area (Å²) >= 11 is 7.52. The van der Waals surface area contributed by atoms with Crippen LogP contribution < -0.4 is 5.32 Å². The molecule has 0 radical (unpaired) electrons. The number of aryl methyl sites for hydroxylation is 1. The summed E-state index contributed by atoms with van der Waals surface area (Å²) < 4.78 is 0. The van der Waals surface area contributed by atoms with E-state index in [1.165, 1.54) is 16.0 Å². The predicted octanol–water partition coefficient (Wildman–Crippen LogP) is 5.71. The molecule has 0 saturated heterocycles. The maximum Gasteiger partial charge on any atom is 0.174 e. The number of nitrogens with zero attached hydrogens (tertiary/aromatic N) is 1. The Morgan fingerprint density at radius 2 is 1.72 bits per heavy atom. The number of rotatable bonds is 6. The number of hydrogen-bond donors (Lipinski definition) is 1. The molecule has 25 heavy (non-hydrogen) atoms. The molecule has 3 aromatic rings. The molecule has 0 saturated carbocycles. The molecule has 128 valence electrons. The Kier molecular flexibility index (Phi) is 6.20. The molecule has 0 aliphatic carbocycles. The first-order chi connectivity index (χ1) is 12.3. The van der Waals surface area contributed by atoms with E-state index in [1.807, 2.05) is 12.1 Å². The number of benzene rings is 2. The standard InChI is InChI=1S/C21H22N2S2/c1-2-18-11-6-7-13-20(18)22-21(24)23(16-19-12-8-14-25-19)15-17-9-4-3-5-10-17/h3-14H,2,15-16H2,1H3,(H,22,24). The average Bonchev–Trinajstić information content (AvgIpc) is 3.15.